The van der Waals surface area contributed by atoms with Crippen molar-refractivity contribution in [2.24, 2.45) is 11.8 Å². The molecule has 2 atom stereocenters. The number of carbonyl (C=O) groups is 2. The van der Waals surface area contributed by atoms with E-state index in [4.69, 9.17) is 0 Å². The summed E-state index contributed by atoms with van der Waals surface area (Å²) < 4.78 is 38.3. The lowest BCUT2D eigenvalue weighted by atomic mass is 9.81. The summed E-state index contributed by atoms with van der Waals surface area (Å²) in [4.78, 5) is 30.1. The molecule has 1 aliphatic heterocycles. The highest BCUT2D eigenvalue weighted by molar-refractivity contribution is 5.94. The van der Waals surface area contributed by atoms with E-state index in [1.807, 2.05) is 21.1 Å². The number of amides is 1. The van der Waals surface area contributed by atoms with Gasteiger partial charge in [-0.25, -0.2) is 0 Å². The molecule has 0 saturated carbocycles. The summed E-state index contributed by atoms with van der Waals surface area (Å²) in [6.07, 6.45) is -3.04. The fraction of sp³-hybridized carbons (Fsp3) is 0.636. The molecule has 0 bridgehead atoms. The number of carboxylic acids is 1. The van der Waals surface area contributed by atoms with E-state index in [-0.39, 0.29) is 29.7 Å². The summed E-state index contributed by atoms with van der Waals surface area (Å²) in [7, 11) is 6.02. The van der Waals surface area contributed by atoms with Crippen molar-refractivity contribution >= 4 is 11.9 Å². The summed E-state index contributed by atoms with van der Waals surface area (Å²) in [5.74, 6) is -1.15. The molecule has 1 amide bonds. The molecule has 1 N–H and O–H groups in total. The summed E-state index contributed by atoms with van der Waals surface area (Å²) in [6.45, 7) is 3.41. The first-order valence-corrected chi connectivity index (χ1v) is 10.5. The smallest absolute Gasteiger partial charge is 0.416 e. The lowest BCUT2D eigenvalue weighted by Crippen LogP contribution is -2.45. The van der Waals surface area contributed by atoms with Crippen molar-refractivity contribution in [2.45, 2.75) is 25.4 Å². The van der Waals surface area contributed by atoms with Crippen molar-refractivity contribution < 1.29 is 27.9 Å². The topological polar surface area (TPSA) is 64.1 Å². The number of hydrogen-bond acceptors (Lipinski definition) is 4. The highest BCUT2D eigenvalue weighted by Crippen LogP contribution is 2.32. The van der Waals surface area contributed by atoms with Crippen LogP contribution in [0.2, 0.25) is 0 Å². The lowest BCUT2D eigenvalue weighted by molar-refractivity contribution is -0.139. The Morgan fingerprint density at radius 2 is 1.71 bits per heavy atom. The molecule has 0 aromatic heterocycles. The number of likely N-dealkylation sites (tertiary alicyclic amines) is 1. The molecule has 2 rings (SSSR count). The molecule has 1 aromatic carbocycles. The largest absolute Gasteiger partial charge is 0.481 e. The van der Waals surface area contributed by atoms with Crippen LogP contribution in [0.15, 0.2) is 24.3 Å². The van der Waals surface area contributed by atoms with Crippen LogP contribution >= 0.6 is 0 Å². The Morgan fingerprint density at radius 3 is 2.26 bits per heavy atom. The van der Waals surface area contributed by atoms with Crippen LogP contribution < -0.4 is 0 Å². The number of carboxylic acid groups (broad SMARTS) is 1. The molecule has 1 heterocycles. The third-order valence-corrected chi connectivity index (χ3v) is 5.89. The van der Waals surface area contributed by atoms with E-state index in [0.29, 0.717) is 19.5 Å². The molecule has 0 spiro atoms. The molecule has 1 saturated heterocycles. The van der Waals surface area contributed by atoms with Crippen LogP contribution in [-0.4, -0.2) is 85.5 Å². The second kappa shape index (κ2) is 10.9. The molecular formula is C22H32F3N3O3. The number of hydrogen-bond donors (Lipinski definition) is 1. The van der Waals surface area contributed by atoms with Gasteiger partial charge in [-0.15, -0.1) is 0 Å². The molecule has 2 unspecified atom stereocenters. The standard InChI is InChI=1S/C22H32F3N3O3/c1-26(2)12-13-27(3)10-8-18-15-28(11-9-17(18)14-20(29)30)21(31)16-4-6-19(7-5-16)22(23,24)25/h4-7,17-18H,8-15H2,1-3H3,(H,29,30). The zero-order valence-electron chi connectivity index (χ0n) is 18.4. The Bertz CT molecular complexity index is 738. The number of rotatable bonds is 9. The van der Waals surface area contributed by atoms with Crippen molar-refractivity contribution in [3.05, 3.63) is 35.4 Å². The Hall–Kier alpha value is -2.13. The first-order valence-electron chi connectivity index (χ1n) is 10.5. The minimum absolute atomic E-state index is 0.0172. The van der Waals surface area contributed by atoms with Crippen molar-refractivity contribution in [1.82, 2.24) is 14.7 Å². The number of aliphatic carboxylic acids is 1. The van der Waals surface area contributed by atoms with E-state index >= 15 is 0 Å². The predicted molar refractivity (Wildman–Crippen MR) is 112 cm³/mol. The number of likely N-dealkylation sites (N-methyl/N-ethyl adjacent to an activating group) is 2. The second-order valence-corrected chi connectivity index (χ2v) is 8.63. The van der Waals surface area contributed by atoms with Crippen molar-refractivity contribution in [2.75, 3.05) is 53.9 Å². The van der Waals surface area contributed by atoms with Gasteiger partial charge >= 0.3 is 12.1 Å². The highest BCUT2D eigenvalue weighted by atomic mass is 19.4. The summed E-state index contributed by atoms with van der Waals surface area (Å²) in [6, 6.07) is 4.25. The number of halogens is 3. The average molecular weight is 444 g/mol. The summed E-state index contributed by atoms with van der Waals surface area (Å²) in [5.41, 5.74) is -0.575. The number of carbonyl (C=O) groups excluding carboxylic acids is 1. The molecule has 0 aliphatic carbocycles. The van der Waals surface area contributed by atoms with Crippen LogP contribution in [0.1, 0.15) is 35.2 Å². The first kappa shape index (κ1) is 25.1. The van der Waals surface area contributed by atoms with Gasteiger partial charge in [0, 0.05) is 38.2 Å². The van der Waals surface area contributed by atoms with E-state index in [0.717, 1.165) is 38.2 Å². The van der Waals surface area contributed by atoms with Gasteiger partial charge in [0.2, 0.25) is 0 Å². The van der Waals surface area contributed by atoms with Gasteiger partial charge in [0.1, 0.15) is 0 Å². The predicted octanol–water partition coefficient (Wildman–Crippen LogP) is 3.14. The van der Waals surface area contributed by atoms with Gasteiger partial charge in [-0.1, -0.05) is 0 Å². The van der Waals surface area contributed by atoms with Crippen LogP contribution in [0, 0.1) is 11.8 Å². The second-order valence-electron chi connectivity index (χ2n) is 8.63. The van der Waals surface area contributed by atoms with Crippen LogP contribution in [0.25, 0.3) is 0 Å². The molecule has 9 heteroatoms. The molecular weight excluding hydrogens is 411 g/mol. The zero-order valence-corrected chi connectivity index (χ0v) is 18.4. The maximum absolute atomic E-state index is 12.9. The minimum atomic E-state index is -4.44. The van der Waals surface area contributed by atoms with Gasteiger partial charge in [-0.2, -0.15) is 13.2 Å². The molecule has 1 aromatic rings. The maximum atomic E-state index is 12.9. The highest BCUT2D eigenvalue weighted by Gasteiger charge is 2.34. The number of nitrogens with zero attached hydrogens (tertiary/aromatic N) is 3. The molecule has 6 nitrogen and oxygen atoms in total. The average Bonchev–Trinajstić information content (AvgIpc) is 2.70. The third-order valence-electron chi connectivity index (χ3n) is 5.89. The van der Waals surface area contributed by atoms with Crippen LogP contribution in [0.4, 0.5) is 13.2 Å². The van der Waals surface area contributed by atoms with Crippen molar-refractivity contribution in [3.63, 3.8) is 0 Å². The molecule has 174 valence electrons. The fourth-order valence-electron chi connectivity index (χ4n) is 3.94. The van der Waals surface area contributed by atoms with E-state index in [2.05, 4.69) is 9.80 Å². The Labute approximate surface area is 181 Å². The molecule has 1 aliphatic rings. The molecule has 31 heavy (non-hydrogen) atoms. The van der Waals surface area contributed by atoms with Gasteiger partial charge < -0.3 is 19.8 Å². The fourth-order valence-corrected chi connectivity index (χ4v) is 3.94. The van der Waals surface area contributed by atoms with E-state index in [1.165, 1.54) is 12.1 Å². The molecule has 1 fully saturated rings. The van der Waals surface area contributed by atoms with Crippen LogP contribution in [0.3, 0.4) is 0 Å². The Morgan fingerprint density at radius 1 is 1.06 bits per heavy atom. The SMILES string of the molecule is CN(C)CCN(C)CCC1CN(C(=O)c2ccc(C(F)(F)F)cc2)CCC1CC(=O)O. The van der Waals surface area contributed by atoms with Crippen molar-refractivity contribution in [3.8, 4) is 0 Å². The van der Waals surface area contributed by atoms with E-state index in [1.54, 1.807) is 4.90 Å². The van der Waals surface area contributed by atoms with E-state index < -0.39 is 17.7 Å². The van der Waals surface area contributed by atoms with Gasteiger partial charge in [0.05, 0.1) is 5.56 Å². The lowest BCUT2D eigenvalue weighted by Gasteiger charge is -2.39. The Kier molecular flexibility index (Phi) is 8.88. The Balaban J connectivity index is 2.03. The third kappa shape index (κ3) is 7.81. The van der Waals surface area contributed by atoms with Crippen LogP contribution in [0.5, 0.6) is 0 Å². The minimum Gasteiger partial charge on any atom is -0.481 e. The number of alkyl halides is 3. The van der Waals surface area contributed by atoms with Crippen molar-refractivity contribution in [1.29, 1.82) is 0 Å². The zero-order chi connectivity index (χ0) is 23.2. The molecule has 0 radical (unpaired) electrons. The maximum Gasteiger partial charge on any atom is 0.416 e. The van der Waals surface area contributed by atoms with Gasteiger partial charge in [0.15, 0.2) is 0 Å². The van der Waals surface area contributed by atoms with Gasteiger partial charge in [0.25, 0.3) is 5.91 Å². The quantitative estimate of drug-likeness (QED) is 0.635. The number of benzene rings is 1. The van der Waals surface area contributed by atoms with Crippen LogP contribution in [-0.2, 0) is 11.0 Å². The van der Waals surface area contributed by atoms with Gasteiger partial charge in [-0.3, -0.25) is 9.59 Å². The van der Waals surface area contributed by atoms with Gasteiger partial charge in [-0.05, 0) is 76.6 Å². The summed E-state index contributed by atoms with van der Waals surface area (Å²) >= 11 is 0. The first-order chi connectivity index (χ1) is 14.5. The summed E-state index contributed by atoms with van der Waals surface area (Å²) in [5, 5.41) is 9.26. The monoisotopic (exact) mass is 443 g/mol. The normalized spacial score (nSPS) is 19.8. The number of piperidine rings is 1. The van der Waals surface area contributed by atoms with E-state index in [9.17, 15) is 27.9 Å².